The molecule has 3 nitrogen and oxygen atoms in total. The number of aromatic nitrogens is 1. The van der Waals surface area contributed by atoms with Crippen LogP contribution >= 0.6 is 48.0 Å². The molecular weight excluding hydrogens is 376 g/mol. The topological polar surface area (TPSA) is 28.2 Å². The standard InChI is InChI=1S/C16H23Cl2N3.2ClH/c17-13-10-20-11-14(18)15(13)16(12-4-2-1-3-5-12)21-8-6-19-7-9-21;;/h10-12,16,19H,1-9H2;2*1H/t16-;;/m0../s1. The van der Waals surface area contributed by atoms with Crippen LogP contribution in [-0.4, -0.2) is 36.1 Å². The Morgan fingerprint density at radius 3 is 2.13 bits per heavy atom. The van der Waals surface area contributed by atoms with Gasteiger partial charge in [0.15, 0.2) is 0 Å². The molecule has 2 heterocycles. The van der Waals surface area contributed by atoms with E-state index in [4.69, 9.17) is 23.2 Å². The van der Waals surface area contributed by atoms with Crippen molar-refractivity contribution in [1.29, 1.82) is 0 Å². The monoisotopic (exact) mass is 399 g/mol. The third-order valence-electron chi connectivity index (χ3n) is 4.83. The fourth-order valence-electron chi connectivity index (χ4n) is 3.83. The molecule has 0 spiro atoms. The van der Waals surface area contributed by atoms with Crippen LogP contribution < -0.4 is 5.32 Å². The quantitative estimate of drug-likeness (QED) is 0.792. The van der Waals surface area contributed by atoms with E-state index in [0.717, 1.165) is 41.8 Å². The van der Waals surface area contributed by atoms with Crippen LogP contribution in [0.25, 0.3) is 0 Å². The lowest BCUT2D eigenvalue weighted by Crippen LogP contribution is -2.47. The number of pyridine rings is 1. The lowest BCUT2D eigenvalue weighted by Gasteiger charge is -2.41. The summed E-state index contributed by atoms with van der Waals surface area (Å²) in [7, 11) is 0. The lowest BCUT2D eigenvalue weighted by atomic mass is 9.80. The van der Waals surface area contributed by atoms with Crippen molar-refractivity contribution in [3.8, 4) is 0 Å². The fraction of sp³-hybridized carbons (Fsp3) is 0.688. The normalized spacial score (nSPS) is 21.1. The summed E-state index contributed by atoms with van der Waals surface area (Å²) in [4.78, 5) is 6.69. The minimum Gasteiger partial charge on any atom is -0.314 e. The van der Waals surface area contributed by atoms with Gasteiger partial charge in [-0.25, -0.2) is 0 Å². The molecule has 0 aromatic carbocycles. The summed E-state index contributed by atoms with van der Waals surface area (Å²) in [5.41, 5.74) is 1.10. The molecule has 0 radical (unpaired) electrons. The van der Waals surface area contributed by atoms with Gasteiger partial charge in [0.1, 0.15) is 0 Å². The highest BCUT2D eigenvalue weighted by molar-refractivity contribution is 6.35. The summed E-state index contributed by atoms with van der Waals surface area (Å²) in [5, 5.41) is 4.87. The number of rotatable bonds is 3. The maximum Gasteiger partial charge on any atom is 0.0652 e. The van der Waals surface area contributed by atoms with Gasteiger partial charge in [0, 0.05) is 50.2 Å². The molecule has 1 saturated heterocycles. The summed E-state index contributed by atoms with van der Waals surface area (Å²) in [5.74, 6) is 0.661. The van der Waals surface area contributed by atoms with Gasteiger partial charge in [-0.15, -0.1) is 24.8 Å². The Kier molecular flexibility index (Phi) is 9.50. The van der Waals surface area contributed by atoms with Crippen molar-refractivity contribution >= 4 is 48.0 Å². The van der Waals surface area contributed by atoms with Gasteiger partial charge in [0.05, 0.1) is 10.0 Å². The SMILES string of the molecule is Cl.Cl.Clc1cncc(Cl)c1[C@H](C1CCCCC1)N1CCNCC1. The van der Waals surface area contributed by atoms with Crippen LogP contribution in [-0.2, 0) is 0 Å². The Labute approximate surface area is 161 Å². The summed E-state index contributed by atoms with van der Waals surface area (Å²) in [6.45, 7) is 4.22. The first-order chi connectivity index (χ1) is 10.3. The smallest absolute Gasteiger partial charge is 0.0652 e. The van der Waals surface area contributed by atoms with E-state index in [2.05, 4.69) is 15.2 Å². The number of hydrogen-bond acceptors (Lipinski definition) is 3. The Morgan fingerprint density at radius 2 is 1.57 bits per heavy atom. The van der Waals surface area contributed by atoms with Crippen LogP contribution in [0, 0.1) is 5.92 Å². The summed E-state index contributed by atoms with van der Waals surface area (Å²) in [6.07, 6.45) is 10.1. The van der Waals surface area contributed by atoms with Crippen molar-refractivity contribution in [2.75, 3.05) is 26.2 Å². The van der Waals surface area contributed by atoms with Crippen molar-refractivity contribution in [3.63, 3.8) is 0 Å². The molecule has 1 aromatic rings. The van der Waals surface area contributed by atoms with Gasteiger partial charge in [-0.05, 0) is 18.8 Å². The largest absolute Gasteiger partial charge is 0.314 e. The van der Waals surface area contributed by atoms with Crippen LogP contribution in [0.3, 0.4) is 0 Å². The van der Waals surface area contributed by atoms with Gasteiger partial charge in [-0.2, -0.15) is 0 Å². The highest BCUT2D eigenvalue weighted by Gasteiger charge is 2.33. The molecule has 1 saturated carbocycles. The molecule has 23 heavy (non-hydrogen) atoms. The molecule has 1 aliphatic carbocycles. The molecule has 3 rings (SSSR count). The maximum atomic E-state index is 6.47. The molecule has 0 bridgehead atoms. The Bertz CT molecular complexity index is 436. The van der Waals surface area contributed by atoms with E-state index < -0.39 is 0 Å². The van der Waals surface area contributed by atoms with Crippen molar-refractivity contribution < 1.29 is 0 Å². The van der Waals surface area contributed by atoms with Crippen molar-refractivity contribution in [3.05, 3.63) is 28.0 Å². The van der Waals surface area contributed by atoms with E-state index in [1.165, 1.54) is 32.1 Å². The molecule has 2 aliphatic rings. The van der Waals surface area contributed by atoms with E-state index in [9.17, 15) is 0 Å². The van der Waals surface area contributed by atoms with Crippen LogP contribution in [0.15, 0.2) is 12.4 Å². The number of halogens is 4. The first-order valence-corrected chi connectivity index (χ1v) is 8.76. The number of nitrogens with one attached hydrogen (secondary N) is 1. The Balaban J connectivity index is 0.00000132. The average molecular weight is 401 g/mol. The second-order valence-electron chi connectivity index (χ2n) is 6.15. The molecule has 0 unspecified atom stereocenters. The maximum absolute atomic E-state index is 6.47. The minimum atomic E-state index is 0. The Morgan fingerprint density at radius 1 is 1.00 bits per heavy atom. The highest BCUT2D eigenvalue weighted by Crippen LogP contribution is 2.43. The van der Waals surface area contributed by atoms with Crippen molar-refractivity contribution in [1.82, 2.24) is 15.2 Å². The second-order valence-corrected chi connectivity index (χ2v) is 6.96. The van der Waals surface area contributed by atoms with E-state index in [1.807, 2.05) is 0 Å². The zero-order valence-corrected chi connectivity index (χ0v) is 16.3. The van der Waals surface area contributed by atoms with E-state index in [1.54, 1.807) is 12.4 Å². The molecular formula is C16H25Cl4N3. The fourth-order valence-corrected chi connectivity index (χ4v) is 4.42. The van der Waals surface area contributed by atoms with Gasteiger partial charge in [-0.1, -0.05) is 42.5 Å². The van der Waals surface area contributed by atoms with Crippen LogP contribution in [0.1, 0.15) is 43.7 Å². The summed E-state index contributed by atoms with van der Waals surface area (Å²) >= 11 is 12.9. The Hall–Kier alpha value is 0.230. The predicted octanol–water partition coefficient (Wildman–Crippen LogP) is 4.76. The molecule has 1 N–H and O–H groups in total. The average Bonchev–Trinajstić information content (AvgIpc) is 2.53. The molecule has 7 heteroatoms. The molecule has 1 aliphatic heterocycles. The van der Waals surface area contributed by atoms with Crippen molar-refractivity contribution in [2.24, 2.45) is 5.92 Å². The van der Waals surface area contributed by atoms with Gasteiger partial charge in [0.2, 0.25) is 0 Å². The van der Waals surface area contributed by atoms with Crippen molar-refractivity contribution in [2.45, 2.75) is 38.1 Å². The molecule has 132 valence electrons. The number of piperazine rings is 1. The zero-order valence-electron chi connectivity index (χ0n) is 13.1. The van der Waals surface area contributed by atoms with Gasteiger partial charge in [0.25, 0.3) is 0 Å². The van der Waals surface area contributed by atoms with Gasteiger partial charge < -0.3 is 5.32 Å². The molecule has 2 fully saturated rings. The summed E-state index contributed by atoms with van der Waals surface area (Å²) < 4.78 is 0. The first kappa shape index (κ1) is 21.3. The highest BCUT2D eigenvalue weighted by atomic mass is 35.5. The van der Waals surface area contributed by atoms with E-state index in [0.29, 0.717) is 12.0 Å². The van der Waals surface area contributed by atoms with Crippen LogP contribution in [0.5, 0.6) is 0 Å². The van der Waals surface area contributed by atoms with Crippen LogP contribution in [0.4, 0.5) is 0 Å². The van der Waals surface area contributed by atoms with Gasteiger partial charge >= 0.3 is 0 Å². The molecule has 1 atom stereocenters. The number of hydrogen-bond donors (Lipinski definition) is 1. The van der Waals surface area contributed by atoms with E-state index >= 15 is 0 Å². The first-order valence-electron chi connectivity index (χ1n) is 8.01. The lowest BCUT2D eigenvalue weighted by molar-refractivity contribution is 0.103. The second kappa shape index (κ2) is 10.3. The number of nitrogens with zero attached hydrogens (tertiary/aromatic N) is 2. The minimum absolute atomic E-state index is 0. The molecule has 0 amide bonds. The van der Waals surface area contributed by atoms with E-state index in [-0.39, 0.29) is 24.8 Å². The third kappa shape index (κ3) is 5.10. The third-order valence-corrected chi connectivity index (χ3v) is 5.43. The molecule has 1 aromatic heterocycles. The van der Waals surface area contributed by atoms with Crippen LogP contribution in [0.2, 0.25) is 10.0 Å². The van der Waals surface area contributed by atoms with Gasteiger partial charge in [-0.3, -0.25) is 9.88 Å². The zero-order chi connectivity index (χ0) is 14.7. The predicted molar refractivity (Wildman–Crippen MR) is 103 cm³/mol. The summed E-state index contributed by atoms with van der Waals surface area (Å²) in [6, 6.07) is 0.343.